The van der Waals surface area contributed by atoms with Crippen LogP contribution in [0.2, 0.25) is 0 Å². The zero-order valence-electron chi connectivity index (χ0n) is 9.59. The van der Waals surface area contributed by atoms with Gasteiger partial charge in [-0.1, -0.05) is 12.1 Å². The average molecular weight is 249 g/mol. The third kappa shape index (κ3) is 2.60. The lowest BCUT2D eigenvalue weighted by atomic mass is 10.1. The van der Waals surface area contributed by atoms with E-state index in [-0.39, 0.29) is 11.8 Å². The van der Waals surface area contributed by atoms with Gasteiger partial charge in [-0.3, -0.25) is 0 Å². The molecule has 2 aromatic rings. The molecule has 17 heavy (non-hydrogen) atoms. The van der Waals surface area contributed by atoms with E-state index < -0.39 is 0 Å². The van der Waals surface area contributed by atoms with Gasteiger partial charge in [0.15, 0.2) is 11.5 Å². The van der Waals surface area contributed by atoms with Crippen molar-refractivity contribution in [3.8, 4) is 11.5 Å². The normalized spacial score (nSPS) is 12.4. The molecule has 1 aromatic carbocycles. The summed E-state index contributed by atoms with van der Waals surface area (Å²) in [6.45, 7) is 2.40. The van der Waals surface area contributed by atoms with Crippen molar-refractivity contribution in [2.45, 2.75) is 13.0 Å². The molecule has 1 atom stereocenters. The third-order valence-corrected chi connectivity index (χ3v) is 3.45. The highest BCUT2D eigenvalue weighted by Gasteiger charge is 2.12. The molecule has 0 aliphatic heterocycles. The van der Waals surface area contributed by atoms with E-state index in [0.29, 0.717) is 12.4 Å². The summed E-state index contributed by atoms with van der Waals surface area (Å²) in [7, 11) is 0. The van der Waals surface area contributed by atoms with Gasteiger partial charge in [0.2, 0.25) is 0 Å². The van der Waals surface area contributed by atoms with E-state index in [1.54, 1.807) is 23.5 Å². The zero-order chi connectivity index (χ0) is 12.3. The Bertz CT molecular complexity index is 482. The van der Waals surface area contributed by atoms with Crippen LogP contribution in [-0.4, -0.2) is 11.7 Å². The monoisotopic (exact) mass is 249 g/mol. The van der Waals surface area contributed by atoms with Gasteiger partial charge in [-0.05, 0) is 36.1 Å². The number of hydrogen-bond donors (Lipinski definition) is 2. The van der Waals surface area contributed by atoms with Crippen LogP contribution < -0.4 is 10.5 Å². The Labute approximate surface area is 104 Å². The van der Waals surface area contributed by atoms with E-state index in [4.69, 9.17) is 10.5 Å². The third-order valence-electron chi connectivity index (χ3n) is 2.49. The molecular formula is C13H15NO2S. The molecule has 3 nitrogen and oxygen atoms in total. The van der Waals surface area contributed by atoms with Crippen LogP contribution in [0.25, 0.3) is 0 Å². The first-order chi connectivity index (χ1) is 8.22. The molecular weight excluding hydrogens is 234 g/mol. The zero-order valence-corrected chi connectivity index (χ0v) is 10.4. The van der Waals surface area contributed by atoms with Gasteiger partial charge in [0.25, 0.3) is 0 Å². The summed E-state index contributed by atoms with van der Waals surface area (Å²) in [4.78, 5) is 1.10. The molecule has 0 fully saturated rings. The molecule has 0 saturated carbocycles. The largest absolute Gasteiger partial charge is 0.504 e. The first kappa shape index (κ1) is 12.0. The fraction of sp³-hybridized carbons (Fsp3) is 0.231. The maximum Gasteiger partial charge on any atom is 0.161 e. The highest BCUT2D eigenvalue weighted by Crippen LogP contribution is 2.31. The summed E-state index contributed by atoms with van der Waals surface area (Å²) in [5.74, 6) is 0.631. The number of benzene rings is 1. The van der Waals surface area contributed by atoms with Crippen LogP contribution in [0.5, 0.6) is 11.5 Å². The number of hydrogen-bond acceptors (Lipinski definition) is 4. The highest BCUT2D eigenvalue weighted by molar-refractivity contribution is 7.10. The maximum atomic E-state index is 9.62. The van der Waals surface area contributed by atoms with Gasteiger partial charge >= 0.3 is 0 Å². The number of thiophene rings is 1. The van der Waals surface area contributed by atoms with Crippen LogP contribution in [0.4, 0.5) is 0 Å². The van der Waals surface area contributed by atoms with E-state index in [9.17, 15) is 5.11 Å². The van der Waals surface area contributed by atoms with E-state index in [1.807, 2.05) is 30.5 Å². The fourth-order valence-electron chi connectivity index (χ4n) is 1.63. The molecule has 0 aliphatic rings. The molecule has 4 heteroatoms. The van der Waals surface area contributed by atoms with Crippen LogP contribution in [0.3, 0.4) is 0 Å². The molecule has 0 bridgehead atoms. The molecule has 0 radical (unpaired) electrons. The number of nitrogens with two attached hydrogens (primary N) is 1. The Morgan fingerprint density at radius 2 is 2.24 bits per heavy atom. The van der Waals surface area contributed by atoms with Crippen molar-refractivity contribution in [1.29, 1.82) is 0 Å². The minimum Gasteiger partial charge on any atom is -0.504 e. The van der Waals surface area contributed by atoms with E-state index in [1.165, 1.54) is 0 Å². The van der Waals surface area contributed by atoms with Gasteiger partial charge in [0.05, 0.1) is 12.6 Å². The Kier molecular flexibility index (Phi) is 3.66. The number of rotatable bonds is 4. The number of aromatic hydroxyl groups is 1. The summed E-state index contributed by atoms with van der Waals surface area (Å²) in [6, 6.07) is 9.04. The lowest BCUT2D eigenvalue weighted by Gasteiger charge is -2.13. The second kappa shape index (κ2) is 5.21. The lowest BCUT2D eigenvalue weighted by Crippen LogP contribution is -2.10. The molecule has 0 amide bonds. The quantitative estimate of drug-likeness (QED) is 0.876. The molecule has 1 heterocycles. The molecule has 0 saturated heterocycles. The van der Waals surface area contributed by atoms with E-state index in [2.05, 4.69) is 0 Å². The topological polar surface area (TPSA) is 55.5 Å². The van der Waals surface area contributed by atoms with Crippen LogP contribution in [-0.2, 0) is 0 Å². The summed E-state index contributed by atoms with van der Waals surface area (Å²) in [5.41, 5.74) is 7.09. The van der Waals surface area contributed by atoms with Gasteiger partial charge < -0.3 is 15.6 Å². The smallest absolute Gasteiger partial charge is 0.161 e. The Balaban J connectivity index is 2.30. The number of phenolic OH excluding ortho intramolecular Hbond substituents is 1. The highest BCUT2D eigenvalue weighted by atomic mass is 32.1. The first-order valence-corrected chi connectivity index (χ1v) is 6.35. The lowest BCUT2D eigenvalue weighted by molar-refractivity contribution is 0.317. The first-order valence-electron chi connectivity index (χ1n) is 5.47. The van der Waals surface area contributed by atoms with Gasteiger partial charge in [0.1, 0.15) is 0 Å². The summed E-state index contributed by atoms with van der Waals surface area (Å²) >= 11 is 1.62. The second-order valence-corrected chi connectivity index (χ2v) is 4.63. The Morgan fingerprint density at radius 1 is 1.41 bits per heavy atom. The molecule has 2 rings (SSSR count). The molecule has 90 valence electrons. The van der Waals surface area contributed by atoms with Crippen LogP contribution in [0, 0.1) is 0 Å². The van der Waals surface area contributed by atoms with E-state index >= 15 is 0 Å². The van der Waals surface area contributed by atoms with E-state index in [0.717, 1.165) is 10.4 Å². The van der Waals surface area contributed by atoms with Crippen molar-refractivity contribution >= 4 is 11.3 Å². The summed E-state index contributed by atoms with van der Waals surface area (Å²) < 4.78 is 5.34. The molecule has 0 spiro atoms. The molecule has 3 N–H and O–H groups in total. The fourth-order valence-corrected chi connectivity index (χ4v) is 2.38. The average Bonchev–Trinajstić information content (AvgIpc) is 2.85. The van der Waals surface area contributed by atoms with Crippen molar-refractivity contribution in [3.63, 3.8) is 0 Å². The number of phenols is 1. The molecule has 0 unspecified atom stereocenters. The second-order valence-electron chi connectivity index (χ2n) is 3.65. The van der Waals surface area contributed by atoms with Gasteiger partial charge in [-0.2, -0.15) is 0 Å². The predicted octanol–water partition coefficient (Wildman–Crippen LogP) is 2.90. The van der Waals surface area contributed by atoms with Crippen molar-refractivity contribution in [3.05, 3.63) is 46.2 Å². The minimum atomic E-state index is -0.171. The SMILES string of the molecule is CCOc1cc([C@@H](N)c2cccs2)ccc1O. The van der Waals surface area contributed by atoms with Crippen LogP contribution in [0.1, 0.15) is 23.4 Å². The van der Waals surface area contributed by atoms with Gasteiger partial charge in [0, 0.05) is 4.88 Å². The summed E-state index contributed by atoms with van der Waals surface area (Å²) in [6.07, 6.45) is 0. The van der Waals surface area contributed by atoms with Crippen molar-refractivity contribution < 1.29 is 9.84 Å². The van der Waals surface area contributed by atoms with Gasteiger partial charge in [-0.25, -0.2) is 0 Å². The standard InChI is InChI=1S/C13H15NO2S/c1-2-16-11-8-9(5-6-10(11)15)13(14)12-4-3-7-17-12/h3-8,13,15H,2,14H2,1H3/t13-/m1/s1. The van der Waals surface area contributed by atoms with Gasteiger partial charge in [-0.15, -0.1) is 11.3 Å². The minimum absolute atomic E-state index is 0.147. The van der Waals surface area contributed by atoms with Crippen molar-refractivity contribution in [2.75, 3.05) is 6.61 Å². The van der Waals surface area contributed by atoms with Crippen LogP contribution in [0.15, 0.2) is 35.7 Å². The molecule has 1 aromatic heterocycles. The van der Waals surface area contributed by atoms with Crippen LogP contribution >= 0.6 is 11.3 Å². The number of ether oxygens (including phenoxy) is 1. The summed E-state index contributed by atoms with van der Waals surface area (Å²) in [5, 5.41) is 11.6. The van der Waals surface area contributed by atoms with Crippen molar-refractivity contribution in [1.82, 2.24) is 0 Å². The predicted molar refractivity (Wildman–Crippen MR) is 69.6 cm³/mol. The van der Waals surface area contributed by atoms with Crippen molar-refractivity contribution in [2.24, 2.45) is 5.73 Å². The maximum absolute atomic E-state index is 9.62. The Morgan fingerprint density at radius 3 is 2.88 bits per heavy atom. The molecule has 0 aliphatic carbocycles. The Hall–Kier alpha value is -1.52.